The predicted molar refractivity (Wildman–Crippen MR) is 80.2 cm³/mol. The van der Waals surface area contributed by atoms with Crippen molar-refractivity contribution >= 4 is 10.8 Å². The van der Waals surface area contributed by atoms with Crippen LogP contribution in [0.5, 0.6) is 11.5 Å². The third-order valence-corrected chi connectivity index (χ3v) is 3.30. The second-order valence-electron chi connectivity index (χ2n) is 4.68. The molecule has 0 unspecified atom stereocenters. The minimum atomic E-state index is 0.421. The molecule has 0 saturated heterocycles. The SMILES string of the molecule is COc1ccc2cc[n+]([O-])cc2c1OCc1ccccc1. The Labute approximate surface area is 122 Å². The van der Waals surface area contributed by atoms with Crippen molar-refractivity contribution in [2.75, 3.05) is 7.11 Å². The molecule has 3 aromatic rings. The van der Waals surface area contributed by atoms with E-state index in [0.29, 0.717) is 18.1 Å². The van der Waals surface area contributed by atoms with Crippen LogP contribution in [0.3, 0.4) is 0 Å². The minimum Gasteiger partial charge on any atom is -0.619 e. The molecule has 0 aliphatic heterocycles. The third-order valence-electron chi connectivity index (χ3n) is 3.30. The van der Waals surface area contributed by atoms with Gasteiger partial charge in [0.05, 0.1) is 12.5 Å². The summed E-state index contributed by atoms with van der Waals surface area (Å²) in [5.41, 5.74) is 1.06. The van der Waals surface area contributed by atoms with E-state index in [1.165, 1.54) is 12.4 Å². The Morgan fingerprint density at radius 3 is 2.62 bits per heavy atom. The summed E-state index contributed by atoms with van der Waals surface area (Å²) in [7, 11) is 1.59. The number of aromatic nitrogens is 1. The molecule has 3 rings (SSSR count). The fourth-order valence-corrected chi connectivity index (χ4v) is 2.24. The Morgan fingerprint density at radius 1 is 1.05 bits per heavy atom. The van der Waals surface area contributed by atoms with E-state index in [9.17, 15) is 5.21 Å². The molecule has 1 aromatic heterocycles. The van der Waals surface area contributed by atoms with Gasteiger partial charge in [-0.1, -0.05) is 30.3 Å². The second-order valence-corrected chi connectivity index (χ2v) is 4.68. The highest BCUT2D eigenvalue weighted by molar-refractivity contribution is 5.89. The Balaban J connectivity index is 2.00. The maximum absolute atomic E-state index is 11.5. The first-order valence-electron chi connectivity index (χ1n) is 6.64. The quantitative estimate of drug-likeness (QED) is 0.545. The Kier molecular flexibility index (Phi) is 3.60. The average molecular weight is 281 g/mol. The van der Waals surface area contributed by atoms with Crippen LogP contribution in [0.25, 0.3) is 10.8 Å². The molecule has 0 N–H and O–H groups in total. The van der Waals surface area contributed by atoms with Crippen molar-refractivity contribution in [3.63, 3.8) is 0 Å². The summed E-state index contributed by atoms with van der Waals surface area (Å²) >= 11 is 0. The van der Waals surface area contributed by atoms with Crippen molar-refractivity contribution in [3.8, 4) is 11.5 Å². The third kappa shape index (κ3) is 2.74. The Bertz CT molecular complexity index is 757. The molecule has 2 aromatic carbocycles. The zero-order valence-electron chi connectivity index (χ0n) is 11.7. The number of hydrogen-bond acceptors (Lipinski definition) is 3. The fourth-order valence-electron chi connectivity index (χ4n) is 2.24. The maximum Gasteiger partial charge on any atom is 0.192 e. The van der Waals surface area contributed by atoms with E-state index in [1.807, 2.05) is 42.5 Å². The van der Waals surface area contributed by atoms with Gasteiger partial charge >= 0.3 is 0 Å². The van der Waals surface area contributed by atoms with E-state index in [0.717, 1.165) is 21.1 Å². The van der Waals surface area contributed by atoms with Crippen LogP contribution in [0, 0.1) is 5.21 Å². The van der Waals surface area contributed by atoms with Gasteiger partial charge in [-0.25, -0.2) is 0 Å². The van der Waals surface area contributed by atoms with Crippen LogP contribution >= 0.6 is 0 Å². The predicted octanol–water partition coefficient (Wildman–Crippen LogP) is 3.06. The van der Waals surface area contributed by atoms with Crippen molar-refractivity contribution in [2.45, 2.75) is 6.61 Å². The number of fused-ring (bicyclic) bond motifs is 1. The van der Waals surface area contributed by atoms with Crippen LogP contribution in [-0.2, 0) is 6.61 Å². The topological polar surface area (TPSA) is 45.4 Å². The van der Waals surface area contributed by atoms with Crippen molar-refractivity contribution in [1.82, 2.24) is 0 Å². The van der Waals surface area contributed by atoms with E-state index >= 15 is 0 Å². The van der Waals surface area contributed by atoms with E-state index in [1.54, 1.807) is 13.2 Å². The standard InChI is InChI=1S/C17H15NO3/c1-20-16-8-7-14-9-10-18(19)11-15(14)17(16)21-12-13-5-3-2-4-6-13/h2-11H,12H2,1H3. The first-order valence-corrected chi connectivity index (χ1v) is 6.64. The zero-order chi connectivity index (χ0) is 14.7. The summed E-state index contributed by atoms with van der Waals surface area (Å²) in [6.07, 6.45) is 2.97. The molecule has 0 fully saturated rings. The molecular formula is C17H15NO3. The number of methoxy groups -OCH3 is 1. The highest BCUT2D eigenvalue weighted by Crippen LogP contribution is 2.35. The Morgan fingerprint density at radius 2 is 1.86 bits per heavy atom. The van der Waals surface area contributed by atoms with Gasteiger partial charge in [0, 0.05) is 6.07 Å². The second kappa shape index (κ2) is 5.71. The van der Waals surface area contributed by atoms with E-state index < -0.39 is 0 Å². The molecule has 4 heteroatoms. The van der Waals surface area contributed by atoms with Crippen molar-refractivity contribution in [1.29, 1.82) is 0 Å². The number of rotatable bonds is 4. The molecule has 106 valence electrons. The molecule has 0 atom stereocenters. The molecular weight excluding hydrogens is 266 g/mol. The zero-order valence-corrected chi connectivity index (χ0v) is 11.7. The summed E-state index contributed by atoms with van der Waals surface area (Å²) in [5, 5.41) is 13.2. The van der Waals surface area contributed by atoms with E-state index in [4.69, 9.17) is 9.47 Å². The van der Waals surface area contributed by atoms with Gasteiger partial charge in [-0.2, -0.15) is 4.73 Å². The minimum absolute atomic E-state index is 0.421. The van der Waals surface area contributed by atoms with Crippen LogP contribution in [0.15, 0.2) is 60.9 Å². The lowest BCUT2D eigenvalue weighted by molar-refractivity contribution is -0.603. The molecule has 4 nitrogen and oxygen atoms in total. The van der Waals surface area contributed by atoms with Crippen LogP contribution < -0.4 is 14.2 Å². The van der Waals surface area contributed by atoms with Gasteiger partial charge in [0.25, 0.3) is 0 Å². The van der Waals surface area contributed by atoms with Gasteiger partial charge in [-0.3, -0.25) is 0 Å². The van der Waals surface area contributed by atoms with E-state index in [2.05, 4.69) is 0 Å². The number of nitrogens with zero attached hydrogens (tertiary/aromatic N) is 1. The largest absolute Gasteiger partial charge is 0.619 e. The highest BCUT2D eigenvalue weighted by atomic mass is 16.5. The lowest BCUT2D eigenvalue weighted by Crippen LogP contribution is -2.23. The van der Waals surface area contributed by atoms with Crippen LogP contribution in [-0.4, -0.2) is 7.11 Å². The molecule has 0 amide bonds. The monoisotopic (exact) mass is 281 g/mol. The van der Waals surface area contributed by atoms with Crippen LogP contribution in [0.4, 0.5) is 0 Å². The fraction of sp³-hybridized carbons (Fsp3) is 0.118. The number of ether oxygens (including phenoxy) is 2. The summed E-state index contributed by atoms with van der Waals surface area (Å²) in [6, 6.07) is 15.4. The molecule has 0 bridgehead atoms. The number of hydrogen-bond donors (Lipinski definition) is 0. The molecule has 0 aliphatic rings. The van der Waals surface area contributed by atoms with Gasteiger partial charge in [0.1, 0.15) is 6.61 Å². The summed E-state index contributed by atoms with van der Waals surface area (Å²) in [4.78, 5) is 0. The lowest BCUT2D eigenvalue weighted by atomic mass is 10.1. The van der Waals surface area contributed by atoms with Crippen LogP contribution in [0.2, 0.25) is 0 Å². The first kappa shape index (κ1) is 13.2. The van der Waals surface area contributed by atoms with Crippen molar-refractivity contribution in [2.24, 2.45) is 0 Å². The normalized spacial score (nSPS) is 10.5. The lowest BCUT2D eigenvalue weighted by Gasteiger charge is -2.13. The molecule has 0 spiro atoms. The number of benzene rings is 2. The van der Waals surface area contributed by atoms with E-state index in [-0.39, 0.29) is 0 Å². The van der Waals surface area contributed by atoms with Gasteiger partial charge in [-0.05, 0) is 23.1 Å². The smallest absolute Gasteiger partial charge is 0.192 e. The first-order chi connectivity index (χ1) is 10.3. The molecule has 1 heterocycles. The molecule has 0 saturated carbocycles. The number of pyridine rings is 1. The highest BCUT2D eigenvalue weighted by Gasteiger charge is 2.12. The molecule has 0 radical (unpaired) electrons. The Hall–Kier alpha value is -2.75. The summed E-state index contributed by atoms with van der Waals surface area (Å²) < 4.78 is 12.0. The van der Waals surface area contributed by atoms with Crippen LogP contribution in [0.1, 0.15) is 5.56 Å². The van der Waals surface area contributed by atoms with Gasteiger partial charge in [-0.15, -0.1) is 0 Å². The maximum atomic E-state index is 11.5. The molecule has 21 heavy (non-hydrogen) atoms. The van der Waals surface area contributed by atoms with Crippen molar-refractivity contribution < 1.29 is 14.2 Å². The van der Waals surface area contributed by atoms with Gasteiger partial charge in [0.15, 0.2) is 23.9 Å². The summed E-state index contributed by atoms with van der Waals surface area (Å²) in [5.74, 6) is 1.20. The average Bonchev–Trinajstić information content (AvgIpc) is 2.53. The van der Waals surface area contributed by atoms with Gasteiger partial charge in [0.2, 0.25) is 0 Å². The van der Waals surface area contributed by atoms with Gasteiger partial charge < -0.3 is 14.7 Å². The summed E-state index contributed by atoms with van der Waals surface area (Å²) in [6.45, 7) is 0.421. The van der Waals surface area contributed by atoms with Crippen molar-refractivity contribution in [3.05, 3.63) is 71.7 Å². The molecule has 0 aliphatic carbocycles.